The van der Waals surface area contributed by atoms with E-state index in [-0.39, 0.29) is 5.57 Å². The fourth-order valence-electron chi connectivity index (χ4n) is 2.18. The SMILES string of the molecule is C=C(CCc1ccccc1-c1ccc(OC)cc1)C(=O)O. The molecule has 0 spiro atoms. The van der Waals surface area contributed by atoms with Crippen LogP contribution in [0.3, 0.4) is 0 Å². The Morgan fingerprint density at radius 1 is 1.14 bits per heavy atom. The molecule has 0 heterocycles. The van der Waals surface area contributed by atoms with E-state index in [0.29, 0.717) is 12.8 Å². The van der Waals surface area contributed by atoms with Crippen molar-refractivity contribution in [2.24, 2.45) is 0 Å². The number of hydrogen-bond donors (Lipinski definition) is 1. The van der Waals surface area contributed by atoms with Gasteiger partial charge in [0.2, 0.25) is 0 Å². The van der Waals surface area contributed by atoms with E-state index in [1.165, 1.54) is 0 Å². The summed E-state index contributed by atoms with van der Waals surface area (Å²) in [6.07, 6.45) is 1.11. The molecule has 0 fully saturated rings. The number of rotatable bonds is 6. The molecule has 21 heavy (non-hydrogen) atoms. The largest absolute Gasteiger partial charge is 0.497 e. The third kappa shape index (κ3) is 3.72. The predicted molar refractivity (Wildman–Crippen MR) is 83.5 cm³/mol. The van der Waals surface area contributed by atoms with Crippen molar-refractivity contribution in [2.75, 3.05) is 7.11 Å². The monoisotopic (exact) mass is 282 g/mol. The maximum atomic E-state index is 10.8. The second kappa shape index (κ2) is 6.75. The minimum atomic E-state index is -0.933. The van der Waals surface area contributed by atoms with Gasteiger partial charge in [-0.2, -0.15) is 0 Å². The lowest BCUT2D eigenvalue weighted by Crippen LogP contribution is -2.01. The molecule has 2 rings (SSSR count). The molecule has 0 radical (unpaired) electrons. The van der Waals surface area contributed by atoms with Gasteiger partial charge in [-0.1, -0.05) is 43.0 Å². The molecular weight excluding hydrogens is 264 g/mol. The zero-order valence-electron chi connectivity index (χ0n) is 12.0. The van der Waals surface area contributed by atoms with Gasteiger partial charge < -0.3 is 9.84 Å². The van der Waals surface area contributed by atoms with Crippen LogP contribution in [-0.4, -0.2) is 18.2 Å². The molecule has 0 aliphatic heterocycles. The molecule has 3 nitrogen and oxygen atoms in total. The van der Waals surface area contributed by atoms with Gasteiger partial charge in [0.25, 0.3) is 0 Å². The number of carboxylic acid groups (broad SMARTS) is 1. The number of methoxy groups -OCH3 is 1. The van der Waals surface area contributed by atoms with Gasteiger partial charge in [-0.3, -0.25) is 0 Å². The molecule has 0 unspecified atom stereocenters. The van der Waals surface area contributed by atoms with Crippen molar-refractivity contribution >= 4 is 5.97 Å². The first-order chi connectivity index (χ1) is 10.1. The maximum Gasteiger partial charge on any atom is 0.330 e. The van der Waals surface area contributed by atoms with Crippen LogP contribution in [-0.2, 0) is 11.2 Å². The summed E-state index contributed by atoms with van der Waals surface area (Å²) in [4.78, 5) is 10.8. The van der Waals surface area contributed by atoms with Gasteiger partial charge in [0.15, 0.2) is 0 Å². The molecule has 0 atom stereocenters. The van der Waals surface area contributed by atoms with Gasteiger partial charge in [0, 0.05) is 5.57 Å². The quantitative estimate of drug-likeness (QED) is 0.816. The molecule has 0 saturated carbocycles. The third-order valence-electron chi connectivity index (χ3n) is 3.42. The van der Waals surface area contributed by atoms with Gasteiger partial charge >= 0.3 is 5.97 Å². The third-order valence-corrected chi connectivity index (χ3v) is 3.42. The summed E-state index contributed by atoms with van der Waals surface area (Å²) in [5.41, 5.74) is 3.55. The number of benzene rings is 2. The highest BCUT2D eigenvalue weighted by atomic mass is 16.5. The van der Waals surface area contributed by atoms with Crippen LogP contribution in [0.4, 0.5) is 0 Å². The molecule has 0 bridgehead atoms. The maximum absolute atomic E-state index is 10.8. The number of aryl methyl sites for hydroxylation is 1. The molecule has 2 aromatic rings. The number of aliphatic carboxylic acids is 1. The van der Waals surface area contributed by atoms with Crippen molar-refractivity contribution in [1.82, 2.24) is 0 Å². The Kier molecular flexibility index (Phi) is 4.77. The van der Waals surface area contributed by atoms with Crippen LogP contribution < -0.4 is 4.74 Å². The fraction of sp³-hybridized carbons (Fsp3) is 0.167. The van der Waals surface area contributed by atoms with Gasteiger partial charge in [-0.05, 0) is 41.7 Å². The van der Waals surface area contributed by atoms with E-state index < -0.39 is 5.97 Å². The van der Waals surface area contributed by atoms with Crippen LogP contribution in [0.1, 0.15) is 12.0 Å². The van der Waals surface area contributed by atoms with E-state index in [1.807, 2.05) is 48.5 Å². The smallest absolute Gasteiger partial charge is 0.330 e. The van der Waals surface area contributed by atoms with E-state index in [0.717, 1.165) is 22.4 Å². The second-order valence-electron chi connectivity index (χ2n) is 4.79. The Hall–Kier alpha value is -2.55. The summed E-state index contributed by atoms with van der Waals surface area (Å²) in [5.74, 6) is -0.118. The van der Waals surface area contributed by atoms with Gasteiger partial charge in [-0.25, -0.2) is 4.79 Å². The van der Waals surface area contributed by atoms with Crippen LogP contribution in [0, 0.1) is 0 Å². The zero-order valence-corrected chi connectivity index (χ0v) is 12.0. The first-order valence-corrected chi connectivity index (χ1v) is 6.75. The van der Waals surface area contributed by atoms with Crippen molar-refractivity contribution < 1.29 is 14.6 Å². The van der Waals surface area contributed by atoms with Gasteiger partial charge in [0.1, 0.15) is 5.75 Å². The Morgan fingerprint density at radius 2 is 1.81 bits per heavy atom. The molecule has 0 saturated heterocycles. The topological polar surface area (TPSA) is 46.5 Å². The van der Waals surface area contributed by atoms with Crippen LogP contribution >= 0.6 is 0 Å². The minimum Gasteiger partial charge on any atom is -0.497 e. The summed E-state index contributed by atoms with van der Waals surface area (Å²) in [7, 11) is 1.64. The van der Waals surface area contributed by atoms with Gasteiger partial charge in [0.05, 0.1) is 7.11 Å². The second-order valence-corrected chi connectivity index (χ2v) is 4.79. The molecule has 0 aliphatic carbocycles. The summed E-state index contributed by atoms with van der Waals surface area (Å²) in [5, 5.41) is 8.89. The lowest BCUT2D eigenvalue weighted by Gasteiger charge is -2.10. The molecule has 2 aromatic carbocycles. The van der Waals surface area contributed by atoms with Crippen molar-refractivity contribution in [3.8, 4) is 16.9 Å². The van der Waals surface area contributed by atoms with E-state index in [2.05, 4.69) is 6.58 Å². The van der Waals surface area contributed by atoms with Crippen LogP contribution in [0.2, 0.25) is 0 Å². The van der Waals surface area contributed by atoms with E-state index in [4.69, 9.17) is 9.84 Å². The highest BCUT2D eigenvalue weighted by molar-refractivity contribution is 5.85. The predicted octanol–water partition coefficient (Wildman–Crippen LogP) is 3.94. The molecule has 0 aromatic heterocycles. The van der Waals surface area contributed by atoms with Crippen LogP contribution in [0.5, 0.6) is 5.75 Å². The molecular formula is C18H18O3. The Labute approximate surface area is 124 Å². The minimum absolute atomic E-state index is 0.236. The Balaban J connectivity index is 2.23. The number of hydrogen-bond acceptors (Lipinski definition) is 2. The Bertz CT molecular complexity index is 642. The normalized spacial score (nSPS) is 10.1. The highest BCUT2D eigenvalue weighted by Crippen LogP contribution is 2.27. The first-order valence-electron chi connectivity index (χ1n) is 6.75. The summed E-state index contributed by atoms with van der Waals surface area (Å²) in [6, 6.07) is 15.9. The number of carbonyl (C=O) groups is 1. The number of ether oxygens (including phenoxy) is 1. The highest BCUT2D eigenvalue weighted by Gasteiger charge is 2.08. The van der Waals surface area contributed by atoms with Crippen molar-refractivity contribution in [3.05, 3.63) is 66.2 Å². The van der Waals surface area contributed by atoms with Gasteiger partial charge in [-0.15, -0.1) is 0 Å². The summed E-state index contributed by atoms with van der Waals surface area (Å²) in [6.45, 7) is 3.58. The molecule has 1 N–H and O–H groups in total. The molecule has 3 heteroatoms. The summed E-state index contributed by atoms with van der Waals surface area (Å²) < 4.78 is 5.16. The number of carboxylic acids is 1. The van der Waals surface area contributed by atoms with E-state index in [1.54, 1.807) is 7.11 Å². The fourth-order valence-corrected chi connectivity index (χ4v) is 2.18. The average Bonchev–Trinajstić information content (AvgIpc) is 2.53. The van der Waals surface area contributed by atoms with E-state index >= 15 is 0 Å². The Morgan fingerprint density at radius 3 is 2.43 bits per heavy atom. The van der Waals surface area contributed by atoms with Crippen molar-refractivity contribution in [3.63, 3.8) is 0 Å². The summed E-state index contributed by atoms with van der Waals surface area (Å²) >= 11 is 0. The average molecular weight is 282 g/mol. The molecule has 0 amide bonds. The van der Waals surface area contributed by atoms with E-state index in [9.17, 15) is 4.79 Å². The zero-order chi connectivity index (χ0) is 15.2. The van der Waals surface area contributed by atoms with Crippen LogP contribution in [0.25, 0.3) is 11.1 Å². The molecule has 108 valence electrons. The lowest BCUT2D eigenvalue weighted by atomic mass is 9.95. The molecule has 0 aliphatic rings. The van der Waals surface area contributed by atoms with Crippen molar-refractivity contribution in [1.29, 1.82) is 0 Å². The standard InChI is InChI=1S/C18H18O3/c1-13(18(19)20)7-8-14-5-3-4-6-17(14)15-9-11-16(21-2)12-10-15/h3-6,9-12H,1,7-8H2,2H3,(H,19,20). The van der Waals surface area contributed by atoms with Crippen molar-refractivity contribution in [2.45, 2.75) is 12.8 Å². The first kappa shape index (κ1) is 14.9. The lowest BCUT2D eigenvalue weighted by molar-refractivity contribution is -0.132. The van der Waals surface area contributed by atoms with Crippen LogP contribution in [0.15, 0.2) is 60.7 Å².